The van der Waals surface area contributed by atoms with Crippen LogP contribution in [0.4, 0.5) is 23.2 Å². The molecule has 0 unspecified atom stereocenters. The van der Waals surface area contributed by atoms with E-state index in [0.717, 1.165) is 22.9 Å². The third kappa shape index (κ3) is 4.08. The molecule has 0 aliphatic heterocycles. The number of rotatable bonds is 4. The van der Waals surface area contributed by atoms with E-state index in [1.807, 2.05) is 0 Å². The van der Waals surface area contributed by atoms with Crippen LogP contribution in [-0.2, 0) is 12.7 Å². The van der Waals surface area contributed by atoms with Gasteiger partial charge < -0.3 is 9.88 Å². The highest BCUT2D eigenvalue weighted by Gasteiger charge is 2.30. The molecule has 0 radical (unpaired) electrons. The number of pyridine rings is 1. The van der Waals surface area contributed by atoms with Crippen molar-refractivity contribution in [2.45, 2.75) is 12.7 Å². The molecule has 0 aliphatic rings. The van der Waals surface area contributed by atoms with Crippen LogP contribution >= 0.6 is 0 Å². The minimum atomic E-state index is -4.49. The predicted molar refractivity (Wildman–Crippen MR) is 70.6 cm³/mol. The summed E-state index contributed by atoms with van der Waals surface area (Å²) in [5, 5.41) is 2.84. The van der Waals surface area contributed by atoms with Crippen molar-refractivity contribution in [1.82, 2.24) is 4.57 Å². The third-order valence-corrected chi connectivity index (χ3v) is 2.82. The van der Waals surface area contributed by atoms with Gasteiger partial charge in [-0.15, -0.1) is 0 Å². The second kappa shape index (κ2) is 5.99. The molecular formula is C14H12F4N2O. The van der Waals surface area contributed by atoms with Gasteiger partial charge in [0.2, 0.25) is 0 Å². The molecule has 21 heavy (non-hydrogen) atoms. The summed E-state index contributed by atoms with van der Waals surface area (Å²) >= 11 is 0. The molecule has 2 aromatic rings. The van der Waals surface area contributed by atoms with Gasteiger partial charge in [-0.2, -0.15) is 13.2 Å². The average Bonchev–Trinajstić information content (AvgIpc) is 2.39. The molecule has 0 saturated heterocycles. The van der Waals surface area contributed by atoms with Crippen LogP contribution in [0.15, 0.2) is 47.4 Å². The van der Waals surface area contributed by atoms with Gasteiger partial charge in [0.25, 0.3) is 5.56 Å². The first-order valence-electron chi connectivity index (χ1n) is 6.13. The minimum absolute atomic E-state index is 0.0409. The molecule has 0 atom stereocenters. The first kappa shape index (κ1) is 15.1. The van der Waals surface area contributed by atoms with Gasteiger partial charge in [0.1, 0.15) is 5.82 Å². The Morgan fingerprint density at radius 2 is 1.90 bits per heavy atom. The molecule has 1 aromatic carbocycles. The van der Waals surface area contributed by atoms with E-state index in [9.17, 15) is 22.4 Å². The average molecular weight is 300 g/mol. The van der Waals surface area contributed by atoms with Crippen LogP contribution in [-0.4, -0.2) is 11.1 Å². The van der Waals surface area contributed by atoms with Crippen molar-refractivity contribution in [2.24, 2.45) is 0 Å². The largest absolute Gasteiger partial charge is 0.417 e. The van der Waals surface area contributed by atoms with E-state index in [1.54, 1.807) is 6.07 Å². The third-order valence-electron chi connectivity index (χ3n) is 2.82. The first-order valence-corrected chi connectivity index (χ1v) is 6.13. The number of nitrogens with one attached hydrogen (secondary N) is 1. The zero-order chi connectivity index (χ0) is 15.5. The van der Waals surface area contributed by atoms with Crippen molar-refractivity contribution in [3.05, 3.63) is 64.3 Å². The Labute approximate surface area is 117 Å². The maximum absolute atomic E-state index is 12.9. The van der Waals surface area contributed by atoms with Gasteiger partial charge in [-0.05, 0) is 24.3 Å². The summed E-state index contributed by atoms with van der Waals surface area (Å²) in [5.74, 6) is -0.420. The fourth-order valence-electron chi connectivity index (χ4n) is 1.79. The summed E-state index contributed by atoms with van der Waals surface area (Å²) in [5.41, 5.74) is -0.910. The molecule has 1 aromatic heterocycles. The van der Waals surface area contributed by atoms with E-state index in [1.165, 1.54) is 18.2 Å². The van der Waals surface area contributed by atoms with Gasteiger partial charge in [0.05, 0.1) is 5.56 Å². The number of aromatic nitrogens is 1. The molecule has 1 heterocycles. The number of benzene rings is 1. The summed E-state index contributed by atoms with van der Waals surface area (Å²) in [6.45, 7) is 0.240. The van der Waals surface area contributed by atoms with Crippen molar-refractivity contribution in [3.8, 4) is 0 Å². The quantitative estimate of drug-likeness (QED) is 0.880. The molecule has 3 nitrogen and oxygen atoms in total. The number of hydrogen-bond acceptors (Lipinski definition) is 2. The lowest BCUT2D eigenvalue weighted by Crippen LogP contribution is -2.24. The molecule has 112 valence electrons. The van der Waals surface area contributed by atoms with Crippen LogP contribution in [0.25, 0.3) is 0 Å². The maximum Gasteiger partial charge on any atom is 0.417 e. The summed E-state index contributed by atoms with van der Waals surface area (Å²) in [6, 6.07) is 7.30. The van der Waals surface area contributed by atoms with Crippen molar-refractivity contribution in [3.63, 3.8) is 0 Å². The summed E-state index contributed by atoms with van der Waals surface area (Å²) in [4.78, 5) is 11.5. The summed E-state index contributed by atoms with van der Waals surface area (Å²) < 4.78 is 51.6. The number of halogens is 4. The Hall–Kier alpha value is -2.31. The molecule has 0 spiro atoms. The topological polar surface area (TPSA) is 34.0 Å². The molecule has 7 heteroatoms. The monoisotopic (exact) mass is 300 g/mol. The van der Waals surface area contributed by atoms with Crippen LogP contribution < -0.4 is 10.9 Å². The van der Waals surface area contributed by atoms with Crippen molar-refractivity contribution in [1.29, 1.82) is 0 Å². The summed E-state index contributed by atoms with van der Waals surface area (Å²) in [7, 11) is 0. The highest BCUT2D eigenvalue weighted by Crippen LogP contribution is 2.27. The second-order valence-corrected chi connectivity index (χ2v) is 4.38. The van der Waals surface area contributed by atoms with E-state index in [-0.39, 0.29) is 13.1 Å². The normalized spacial score (nSPS) is 11.4. The molecule has 0 amide bonds. The molecule has 1 N–H and O–H groups in total. The smallest absolute Gasteiger partial charge is 0.383 e. The lowest BCUT2D eigenvalue weighted by atomic mass is 10.2. The standard InChI is InChI=1S/C14H12F4N2O/c15-11-2-1-3-12(8-11)19-6-7-20-9-10(14(16,17)18)4-5-13(20)21/h1-5,8-9,19H,6-7H2. The maximum atomic E-state index is 12.9. The van der Waals surface area contributed by atoms with Gasteiger partial charge in [0.15, 0.2) is 0 Å². The van der Waals surface area contributed by atoms with Gasteiger partial charge >= 0.3 is 6.18 Å². The highest BCUT2D eigenvalue weighted by atomic mass is 19.4. The van der Waals surface area contributed by atoms with Crippen molar-refractivity contribution < 1.29 is 17.6 Å². The molecule has 0 saturated carbocycles. The molecular weight excluding hydrogens is 288 g/mol. The van der Waals surface area contributed by atoms with Crippen LogP contribution in [0, 0.1) is 5.82 Å². The molecule has 0 aliphatic carbocycles. The van der Waals surface area contributed by atoms with E-state index in [0.29, 0.717) is 5.69 Å². The van der Waals surface area contributed by atoms with E-state index in [2.05, 4.69) is 5.32 Å². The van der Waals surface area contributed by atoms with Crippen molar-refractivity contribution in [2.75, 3.05) is 11.9 Å². The van der Waals surface area contributed by atoms with Gasteiger partial charge in [0, 0.05) is 31.0 Å². The van der Waals surface area contributed by atoms with Crippen molar-refractivity contribution >= 4 is 5.69 Å². The first-order chi connectivity index (χ1) is 9.86. The zero-order valence-electron chi connectivity index (χ0n) is 10.8. The Morgan fingerprint density at radius 1 is 1.14 bits per heavy atom. The van der Waals surface area contributed by atoms with Crippen LogP contribution in [0.2, 0.25) is 0 Å². The highest BCUT2D eigenvalue weighted by molar-refractivity contribution is 5.42. The second-order valence-electron chi connectivity index (χ2n) is 4.38. The Bertz CT molecular complexity index is 679. The Kier molecular flexibility index (Phi) is 4.30. The SMILES string of the molecule is O=c1ccc(C(F)(F)F)cn1CCNc1cccc(F)c1. The van der Waals surface area contributed by atoms with Gasteiger partial charge in [-0.25, -0.2) is 4.39 Å². The molecule has 0 fully saturated rings. The van der Waals surface area contributed by atoms with Crippen LogP contribution in [0.3, 0.4) is 0 Å². The Balaban J connectivity index is 2.05. The molecule has 0 bridgehead atoms. The van der Waals surface area contributed by atoms with Gasteiger partial charge in [-0.3, -0.25) is 4.79 Å². The predicted octanol–water partition coefficient (Wildman–Crippen LogP) is 3.12. The van der Waals surface area contributed by atoms with E-state index < -0.39 is 23.1 Å². The fraction of sp³-hybridized carbons (Fsp3) is 0.214. The molecule has 2 rings (SSSR count). The van der Waals surface area contributed by atoms with Crippen LogP contribution in [0.1, 0.15) is 5.56 Å². The lowest BCUT2D eigenvalue weighted by Gasteiger charge is -2.11. The van der Waals surface area contributed by atoms with Gasteiger partial charge in [-0.1, -0.05) is 6.07 Å². The number of anilines is 1. The van der Waals surface area contributed by atoms with E-state index >= 15 is 0 Å². The summed E-state index contributed by atoms with van der Waals surface area (Å²) in [6.07, 6.45) is -3.72. The number of hydrogen-bond donors (Lipinski definition) is 1. The minimum Gasteiger partial charge on any atom is -0.383 e. The van der Waals surface area contributed by atoms with Crippen LogP contribution in [0.5, 0.6) is 0 Å². The zero-order valence-corrected chi connectivity index (χ0v) is 10.8. The Morgan fingerprint density at radius 3 is 2.57 bits per heavy atom. The number of alkyl halides is 3. The van der Waals surface area contributed by atoms with E-state index in [4.69, 9.17) is 0 Å². The lowest BCUT2D eigenvalue weighted by molar-refractivity contribution is -0.138. The number of nitrogens with zero attached hydrogens (tertiary/aromatic N) is 1. The fourth-order valence-corrected chi connectivity index (χ4v) is 1.79.